The van der Waals surface area contributed by atoms with E-state index in [9.17, 15) is 14.4 Å². The molecule has 2 heterocycles. The molecule has 3 amide bonds. The number of hydrogen-bond donors (Lipinski definition) is 2. The van der Waals surface area contributed by atoms with Crippen molar-refractivity contribution in [2.75, 3.05) is 13.6 Å². The second kappa shape index (κ2) is 7.84. The Balaban J connectivity index is 1.75. The molecule has 1 atom stereocenters. The van der Waals surface area contributed by atoms with Crippen molar-refractivity contribution in [3.05, 3.63) is 41.2 Å². The maximum atomic E-state index is 12.4. The lowest BCUT2D eigenvalue weighted by Crippen LogP contribution is -2.40. The molecule has 3 rings (SSSR count). The molecular formula is C20H25N5O3. The fourth-order valence-corrected chi connectivity index (χ4v) is 3.53. The number of nitrogens with one attached hydrogen (secondary N) is 1. The standard InChI is InChI=1S/C20H25N5O3/c1-12-18(13(2)25(23-12)11-9-17(21)26)14-4-6-15(7-5-14)19(27)22-16-8-10-24(3)20(16)28/h4-7,16H,8-11H2,1-3H3,(H2,21,26)(H,22,27)/t16-/m1/s1. The highest BCUT2D eigenvalue weighted by molar-refractivity contribution is 5.98. The maximum Gasteiger partial charge on any atom is 0.251 e. The molecule has 3 N–H and O–H groups in total. The average molecular weight is 383 g/mol. The van der Waals surface area contributed by atoms with Gasteiger partial charge in [-0.1, -0.05) is 12.1 Å². The normalized spacial score (nSPS) is 16.5. The molecule has 1 saturated heterocycles. The first-order valence-electron chi connectivity index (χ1n) is 9.26. The van der Waals surface area contributed by atoms with E-state index in [4.69, 9.17) is 5.73 Å². The van der Waals surface area contributed by atoms with E-state index in [0.29, 0.717) is 25.1 Å². The van der Waals surface area contributed by atoms with Gasteiger partial charge >= 0.3 is 0 Å². The number of aryl methyl sites for hydroxylation is 2. The number of hydrogen-bond acceptors (Lipinski definition) is 4. The Hall–Kier alpha value is -3.16. The quantitative estimate of drug-likeness (QED) is 0.775. The highest BCUT2D eigenvalue weighted by Crippen LogP contribution is 2.27. The smallest absolute Gasteiger partial charge is 0.251 e. The van der Waals surface area contributed by atoms with Crippen molar-refractivity contribution in [3.8, 4) is 11.1 Å². The number of likely N-dealkylation sites (tertiary alicyclic amines) is 1. The second-order valence-electron chi connectivity index (χ2n) is 7.14. The Bertz CT molecular complexity index is 917. The molecule has 0 spiro atoms. The number of primary amides is 1. The molecule has 1 fully saturated rings. The summed E-state index contributed by atoms with van der Waals surface area (Å²) in [4.78, 5) is 37.1. The van der Waals surface area contributed by atoms with Crippen LogP contribution < -0.4 is 11.1 Å². The number of rotatable bonds is 6. The topological polar surface area (TPSA) is 110 Å². The van der Waals surface area contributed by atoms with Gasteiger partial charge in [-0.25, -0.2) is 0 Å². The summed E-state index contributed by atoms with van der Waals surface area (Å²) in [6, 6.07) is 6.77. The largest absolute Gasteiger partial charge is 0.370 e. The molecular weight excluding hydrogens is 358 g/mol. The van der Waals surface area contributed by atoms with Gasteiger partial charge in [-0.3, -0.25) is 19.1 Å². The molecule has 0 unspecified atom stereocenters. The summed E-state index contributed by atoms with van der Waals surface area (Å²) in [5.41, 5.74) is 9.43. The van der Waals surface area contributed by atoms with Crippen LogP contribution in [0, 0.1) is 13.8 Å². The minimum absolute atomic E-state index is 0.0559. The third-order valence-electron chi connectivity index (χ3n) is 5.12. The molecule has 0 aliphatic carbocycles. The van der Waals surface area contributed by atoms with Crippen LogP contribution in [-0.4, -0.2) is 52.0 Å². The van der Waals surface area contributed by atoms with Crippen molar-refractivity contribution in [1.29, 1.82) is 0 Å². The summed E-state index contributed by atoms with van der Waals surface area (Å²) >= 11 is 0. The molecule has 0 radical (unpaired) electrons. The van der Waals surface area contributed by atoms with E-state index in [1.54, 1.807) is 28.8 Å². The summed E-state index contributed by atoms with van der Waals surface area (Å²) in [6.07, 6.45) is 0.859. The van der Waals surface area contributed by atoms with E-state index < -0.39 is 6.04 Å². The molecule has 1 aliphatic heterocycles. The van der Waals surface area contributed by atoms with Crippen LogP contribution in [0.15, 0.2) is 24.3 Å². The van der Waals surface area contributed by atoms with Gasteiger partial charge in [0.1, 0.15) is 6.04 Å². The molecule has 8 heteroatoms. The fourth-order valence-electron chi connectivity index (χ4n) is 3.53. The molecule has 0 bridgehead atoms. The number of nitrogens with two attached hydrogens (primary N) is 1. The molecule has 148 valence electrons. The van der Waals surface area contributed by atoms with Crippen LogP contribution in [0.25, 0.3) is 11.1 Å². The second-order valence-corrected chi connectivity index (χ2v) is 7.14. The molecule has 2 aromatic rings. The molecule has 1 aromatic carbocycles. The number of benzene rings is 1. The zero-order chi connectivity index (χ0) is 20.4. The van der Waals surface area contributed by atoms with E-state index in [2.05, 4.69) is 10.4 Å². The van der Waals surface area contributed by atoms with Gasteiger partial charge in [0.05, 0.1) is 5.69 Å². The maximum absolute atomic E-state index is 12.4. The van der Waals surface area contributed by atoms with E-state index in [1.165, 1.54) is 0 Å². The van der Waals surface area contributed by atoms with Crippen molar-refractivity contribution in [1.82, 2.24) is 20.0 Å². The number of amides is 3. The number of aromatic nitrogens is 2. The van der Waals surface area contributed by atoms with E-state index in [0.717, 1.165) is 22.5 Å². The first-order valence-corrected chi connectivity index (χ1v) is 9.26. The summed E-state index contributed by atoms with van der Waals surface area (Å²) in [5.74, 6) is -0.679. The summed E-state index contributed by atoms with van der Waals surface area (Å²) < 4.78 is 1.78. The number of carbonyl (C=O) groups is 3. The van der Waals surface area contributed by atoms with Gasteiger partial charge in [0.15, 0.2) is 0 Å². The lowest BCUT2D eigenvalue weighted by Gasteiger charge is -2.12. The minimum Gasteiger partial charge on any atom is -0.370 e. The summed E-state index contributed by atoms with van der Waals surface area (Å²) in [6.45, 7) is 4.94. The highest BCUT2D eigenvalue weighted by Gasteiger charge is 2.30. The Kier molecular flexibility index (Phi) is 5.48. The van der Waals surface area contributed by atoms with Gasteiger partial charge < -0.3 is 16.0 Å². The molecule has 0 saturated carbocycles. The van der Waals surface area contributed by atoms with Crippen LogP contribution in [0.1, 0.15) is 34.6 Å². The van der Waals surface area contributed by atoms with Crippen molar-refractivity contribution < 1.29 is 14.4 Å². The van der Waals surface area contributed by atoms with Crippen LogP contribution in [0.3, 0.4) is 0 Å². The Morgan fingerprint density at radius 3 is 2.50 bits per heavy atom. The summed E-state index contributed by atoms with van der Waals surface area (Å²) in [5, 5.41) is 7.29. The van der Waals surface area contributed by atoms with Crippen molar-refractivity contribution >= 4 is 17.7 Å². The molecule has 1 aliphatic rings. The van der Waals surface area contributed by atoms with Gasteiger partial charge in [0, 0.05) is 43.4 Å². The predicted molar refractivity (Wildman–Crippen MR) is 104 cm³/mol. The van der Waals surface area contributed by atoms with Crippen LogP contribution in [0.2, 0.25) is 0 Å². The number of nitrogens with zero attached hydrogens (tertiary/aromatic N) is 3. The Morgan fingerprint density at radius 1 is 1.25 bits per heavy atom. The monoisotopic (exact) mass is 383 g/mol. The first-order chi connectivity index (χ1) is 13.3. The lowest BCUT2D eigenvalue weighted by molar-refractivity contribution is -0.128. The third kappa shape index (κ3) is 3.90. The molecule has 1 aromatic heterocycles. The van der Waals surface area contributed by atoms with Crippen LogP contribution in [0.5, 0.6) is 0 Å². The number of likely N-dealkylation sites (N-methyl/N-ethyl adjacent to an activating group) is 1. The summed E-state index contributed by atoms with van der Waals surface area (Å²) in [7, 11) is 1.73. The zero-order valence-electron chi connectivity index (χ0n) is 16.4. The van der Waals surface area contributed by atoms with Gasteiger partial charge in [-0.15, -0.1) is 0 Å². The predicted octanol–water partition coefficient (Wildman–Crippen LogP) is 1.00. The SMILES string of the molecule is Cc1nn(CCC(N)=O)c(C)c1-c1ccc(C(=O)N[C@@H]2CCN(C)C2=O)cc1. The van der Waals surface area contributed by atoms with Gasteiger partial charge in [0.2, 0.25) is 11.8 Å². The van der Waals surface area contributed by atoms with Crippen molar-refractivity contribution in [2.24, 2.45) is 5.73 Å². The van der Waals surface area contributed by atoms with Crippen LogP contribution in [0.4, 0.5) is 0 Å². The zero-order valence-corrected chi connectivity index (χ0v) is 16.4. The van der Waals surface area contributed by atoms with E-state index in [1.807, 2.05) is 26.0 Å². The molecule has 8 nitrogen and oxygen atoms in total. The van der Waals surface area contributed by atoms with Crippen molar-refractivity contribution in [3.63, 3.8) is 0 Å². The fraction of sp³-hybridized carbons (Fsp3) is 0.400. The third-order valence-corrected chi connectivity index (χ3v) is 5.12. The first kappa shape index (κ1) is 19.6. The minimum atomic E-state index is -0.454. The highest BCUT2D eigenvalue weighted by atomic mass is 16.2. The van der Waals surface area contributed by atoms with E-state index >= 15 is 0 Å². The van der Waals surface area contributed by atoms with Crippen LogP contribution in [-0.2, 0) is 16.1 Å². The number of carbonyl (C=O) groups excluding carboxylic acids is 3. The van der Waals surface area contributed by atoms with E-state index in [-0.39, 0.29) is 24.1 Å². The lowest BCUT2D eigenvalue weighted by atomic mass is 10.0. The van der Waals surface area contributed by atoms with Crippen molar-refractivity contribution in [2.45, 2.75) is 39.3 Å². The molecule has 28 heavy (non-hydrogen) atoms. The van der Waals surface area contributed by atoms with Gasteiger partial charge in [-0.05, 0) is 38.0 Å². The Morgan fingerprint density at radius 2 is 1.93 bits per heavy atom. The van der Waals surface area contributed by atoms with Crippen LogP contribution >= 0.6 is 0 Å². The van der Waals surface area contributed by atoms with Gasteiger partial charge in [0.25, 0.3) is 5.91 Å². The Labute approximate surface area is 163 Å². The van der Waals surface area contributed by atoms with Gasteiger partial charge in [-0.2, -0.15) is 5.10 Å². The average Bonchev–Trinajstić information content (AvgIpc) is 3.12.